The molecule has 1 rings (SSSR count). The van der Waals surface area contributed by atoms with Gasteiger partial charge >= 0.3 is 0 Å². The van der Waals surface area contributed by atoms with Crippen LogP contribution in [0.15, 0.2) is 30.3 Å². The Morgan fingerprint density at radius 2 is 2.06 bits per heavy atom. The van der Waals surface area contributed by atoms with Gasteiger partial charge in [-0.25, -0.2) is 0 Å². The third-order valence-corrected chi connectivity index (χ3v) is 2.67. The van der Waals surface area contributed by atoms with E-state index in [1.165, 1.54) is 0 Å². The number of rotatable bonds is 6. The van der Waals surface area contributed by atoms with Crippen LogP contribution in [0.25, 0.3) is 0 Å². The number of carbonyl (C=O) groups is 1. The first-order valence-electron chi connectivity index (χ1n) is 5.88. The Hall–Kier alpha value is -1.39. The van der Waals surface area contributed by atoms with Crippen LogP contribution in [0.4, 0.5) is 0 Å². The lowest BCUT2D eigenvalue weighted by Crippen LogP contribution is -2.47. The van der Waals surface area contributed by atoms with Crippen molar-refractivity contribution in [2.75, 3.05) is 6.61 Å². The summed E-state index contributed by atoms with van der Waals surface area (Å²) in [5.74, 6) is -0.206. The largest absolute Gasteiger partial charge is 0.394 e. The maximum Gasteiger partial charge on any atom is 0.237 e. The number of hydrogen-bond donors (Lipinski definition) is 3. The second-order valence-corrected chi connectivity index (χ2v) is 4.09. The van der Waals surface area contributed by atoms with E-state index in [-0.39, 0.29) is 18.6 Å². The highest BCUT2D eigenvalue weighted by molar-refractivity contribution is 5.81. The molecule has 1 aromatic rings. The van der Waals surface area contributed by atoms with E-state index in [2.05, 4.69) is 5.32 Å². The van der Waals surface area contributed by atoms with Crippen molar-refractivity contribution < 1.29 is 9.90 Å². The Morgan fingerprint density at radius 3 is 2.59 bits per heavy atom. The summed E-state index contributed by atoms with van der Waals surface area (Å²) in [5.41, 5.74) is 6.70. The highest BCUT2D eigenvalue weighted by Crippen LogP contribution is 2.03. The van der Waals surface area contributed by atoms with Crippen LogP contribution in [0, 0.1) is 0 Å². The fourth-order valence-electron chi connectivity index (χ4n) is 1.55. The van der Waals surface area contributed by atoms with E-state index in [4.69, 9.17) is 5.73 Å². The van der Waals surface area contributed by atoms with Crippen molar-refractivity contribution in [3.63, 3.8) is 0 Å². The van der Waals surface area contributed by atoms with E-state index in [1.807, 2.05) is 37.3 Å². The summed E-state index contributed by atoms with van der Waals surface area (Å²) < 4.78 is 0. The lowest BCUT2D eigenvalue weighted by atomic mass is 10.1. The van der Waals surface area contributed by atoms with Crippen molar-refractivity contribution in [1.82, 2.24) is 5.32 Å². The van der Waals surface area contributed by atoms with Gasteiger partial charge in [0.2, 0.25) is 5.91 Å². The van der Waals surface area contributed by atoms with E-state index in [9.17, 15) is 9.90 Å². The predicted molar refractivity (Wildman–Crippen MR) is 67.4 cm³/mol. The number of benzene rings is 1. The fourth-order valence-corrected chi connectivity index (χ4v) is 1.55. The second-order valence-electron chi connectivity index (χ2n) is 4.09. The van der Waals surface area contributed by atoms with E-state index >= 15 is 0 Å². The molecule has 1 aromatic carbocycles. The molecule has 0 aromatic heterocycles. The number of nitrogens with two attached hydrogens (primary N) is 1. The van der Waals surface area contributed by atoms with Gasteiger partial charge in [0.1, 0.15) is 0 Å². The standard InChI is InChI=1S/C13H20N2O2/c1-2-12(14)13(17)15-11(9-16)8-10-6-4-3-5-7-10/h3-7,11-12,16H,2,8-9,14H2,1H3,(H,15,17)/t11-,12?/m1/s1. The maximum absolute atomic E-state index is 11.6. The van der Waals surface area contributed by atoms with Crippen molar-refractivity contribution in [2.45, 2.75) is 31.8 Å². The molecule has 1 amide bonds. The molecular weight excluding hydrogens is 216 g/mol. The number of nitrogens with one attached hydrogen (secondary N) is 1. The van der Waals surface area contributed by atoms with Crippen molar-refractivity contribution in [3.05, 3.63) is 35.9 Å². The lowest BCUT2D eigenvalue weighted by Gasteiger charge is -2.18. The minimum atomic E-state index is -0.500. The van der Waals surface area contributed by atoms with E-state index < -0.39 is 6.04 Å². The molecule has 0 fully saturated rings. The Morgan fingerprint density at radius 1 is 1.41 bits per heavy atom. The van der Waals surface area contributed by atoms with Crippen LogP contribution < -0.4 is 11.1 Å². The molecule has 4 nitrogen and oxygen atoms in total. The first kappa shape index (κ1) is 13.7. The van der Waals surface area contributed by atoms with Crippen LogP contribution in [0.5, 0.6) is 0 Å². The SMILES string of the molecule is CCC(N)C(=O)N[C@@H](CO)Cc1ccccc1. The van der Waals surface area contributed by atoms with Gasteiger partial charge in [0.15, 0.2) is 0 Å². The summed E-state index contributed by atoms with van der Waals surface area (Å²) in [4.78, 5) is 11.6. The summed E-state index contributed by atoms with van der Waals surface area (Å²) >= 11 is 0. The van der Waals surface area contributed by atoms with Gasteiger partial charge in [0, 0.05) is 0 Å². The molecule has 2 atom stereocenters. The predicted octanol–water partition coefficient (Wildman–Crippen LogP) is 0.444. The average Bonchev–Trinajstić information content (AvgIpc) is 2.38. The first-order valence-corrected chi connectivity index (χ1v) is 5.88. The van der Waals surface area contributed by atoms with Gasteiger partial charge < -0.3 is 16.2 Å². The van der Waals surface area contributed by atoms with Crippen molar-refractivity contribution >= 4 is 5.91 Å². The summed E-state index contributed by atoms with van der Waals surface area (Å²) in [6.45, 7) is 1.77. The van der Waals surface area contributed by atoms with Crippen LogP contribution in [0.1, 0.15) is 18.9 Å². The summed E-state index contributed by atoms with van der Waals surface area (Å²) in [6.07, 6.45) is 1.20. The molecule has 0 aliphatic carbocycles. The minimum absolute atomic E-state index is 0.0862. The highest BCUT2D eigenvalue weighted by atomic mass is 16.3. The Bertz CT molecular complexity index is 341. The molecule has 0 bridgehead atoms. The molecule has 0 radical (unpaired) electrons. The third kappa shape index (κ3) is 4.54. The van der Waals surface area contributed by atoms with Crippen LogP contribution in [-0.2, 0) is 11.2 Å². The van der Waals surface area contributed by atoms with Crippen LogP contribution in [-0.4, -0.2) is 29.7 Å². The topological polar surface area (TPSA) is 75.4 Å². The van der Waals surface area contributed by atoms with E-state index in [1.54, 1.807) is 0 Å². The summed E-state index contributed by atoms with van der Waals surface area (Å²) in [7, 11) is 0. The Kier molecular flexibility index (Phi) is 5.66. The van der Waals surface area contributed by atoms with Gasteiger partial charge in [-0.3, -0.25) is 4.79 Å². The molecule has 0 spiro atoms. The van der Waals surface area contributed by atoms with Gasteiger partial charge in [-0.1, -0.05) is 37.3 Å². The maximum atomic E-state index is 11.6. The van der Waals surface area contributed by atoms with Crippen LogP contribution in [0.2, 0.25) is 0 Å². The number of amides is 1. The van der Waals surface area contributed by atoms with Crippen LogP contribution >= 0.6 is 0 Å². The molecule has 17 heavy (non-hydrogen) atoms. The molecule has 94 valence electrons. The summed E-state index contributed by atoms with van der Waals surface area (Å²) in [5, 5.41) is 12.0. The molecular formula is C13H20N2O2. The van der Waals surface area contributed by atoms with Crippen LogP contribution in [0.3, 0.4) is 0 Å². The van der Waals surface area contributed by atoms with Gasteiger partial charge in [-0.2, -0.15) is 0 Å². The van der Waals surface area contributed by atoms with Crippen molar-refractivity contribution in [1.29, 1.82) is 0 Å². The van der Waals surface area contributed by atoms with Gasteiger partial charge in [-0.05, 0) is 18.4 Å². The van der Waals surface area contributed by atoms with Crippen molar-refractivity contribution in [3.8, 4) is 0 Å². The average molecular weight is 236 g/mol. The molecule has 0 aliphatic heterocycles. The van der Waals surface area contributed by atoms with E-state index in [0.29, 0.717) is 12.8 Å². The quantitative estimate of drug-likeness (QED) is 0.671. The number of carbonyl (C=O) groups excluding carboxylic acids is 1. The van der Waals surface area contributed by atoms with E-state index in [0.717, 1.165) is 5.56 Å². The molecule has 0 heterocycles. The smallest absolute Gasteiger partial charge is 0.237 e. The van der Waals surface area contributed by atoms with Gasteiger partial charge in [-0.15, -0.1) is 0 Å². The first-order chi connectivity index (χ1) is 8.17. The number of aliphatic hydroxyl groups is 1. The zero-order chi connectivity index (χ0) is 12.7. The zero-order valence-electron chi connectivity index (χ0n) is 10.1. The molecule has 4 heteroatoms. The minimum Gasteiger partial charge on any atom is -0.394 e. The molecule has 0 aliphatic rings. The normalized spacial score (nSPS) is 14.1. The molecule has 0 saturated heterocycles. The number of hydrogen-bond acceptors (Lipinski definition) is 3. The van der Waals surface area contributed by atoms with Gasteiger partial charge in [0.25, 0.3) is 0 Å². The Balaban J connectivity index is 2.52. The Labute approximate surface area is 102 Å². The highest BCUT2D eigenvalue weighted by Gasteiger charge is 2.16. The fraction of sp³-hybridized carbons (Fsp3) is 0.462. The molecule has 1 unspecified atom stereocenters. The monoisotopic (exact) mass is 236 g/mol. The summed E-state index contributed by atoms with van der Waals surface area (Å²) in [6, 6.07) is 8.96. The third-order valence-electron chi connectivity index (χ3n) is 2.67. The molecule has 0 saturated carbocycles. The number of aliphatic hydroxyl groups excluding tert-OH is 1. The zero-order valence-corrected chi connectivity index (χ0v) is 10.1. The van der Waals surface area contributed by atoms with Crippen molar-refractivity contribution in [2.24, 2.45) is 5.73 Å². The molecule has 4 N–H and O–H groups in total. The van der Waals surface area contributed by atoms with Gasteiger partial charge in [0.05, 0.1) is 18.7 Å². The lowest BCUT2D eigenvalue weighted by molar-refractivity contribution is -0.123. The second kappa shape index (κ2) is 7.04.